The largest absolute Gasteiger partial charge is 0.385 e. The Morgan fingerprint density at radius 1 is 1.09 bits per heavy atom. The van der Waals surface area contributed by atoms with Crippen molar-refractivity contribution in [2.75, 3.05) is 11.9 Å². The highest BCUT2D eigenvalue weighted by molar-refractivity contribution is 7.15. The predicted octanol–water partition coefficient (Wildman–Crippen LogP) is 5.85. The van der Waals surface area contributed by atoms with Crippen LogP contribution < -0.4 is 5.32 Å². The van der Waals surface area contributed by atoms with Gasteiger partial charge in [-0.1, -0.05) is 38.3 Å². The third kappa shape index (κ3) is 3.35. The average Bonchev–Trinajstić information content (AvgIpc) is 3.01. The van der Waals surface area contributed by atoms with E-state index in [0.717, 1.165) is 13.0 Å². The Morgan fingerprint density at radius 3 is 2.45 bits per heavy atom. The molecule has 0 unspecified atom stereocenters. The molecule has 1 fully saturated rings. The fourth-order valence-electron chi connectivity index (χ4n) is 3.33. The molecule has 22 heavy (non-hydrogen) atoms. The van der Waals surface area contributed by atoms with E-state index >= 15 is 0 Å². The van der Waals surface area contributed by atoms with Crippen molar-refractivity contribution in [3.8, 4) is 10.4 Å². The minimum absolute atomic E-state index is 0.675. The fraction of sp³-hybridized carbons (Fsp3) is 0.526. The predicted molar refractivity (Wildman–Crippen MR) is 96.9 cm³/mol. The molecule has 1 aromatic heterocycles. The van der Waals surface area contributed by atoms with Crippen LogP contribution in [0.4, 0.5) is 5.69 Å². The molecule has 0 bridgehead atoms. The molecule has 2 nitrogen and oxygen atoms in total. The highest BCUT2D eigenvalue weighted by Gasteiger charge is 2.23. The summed E-state index contributed by atoms with van der Waals surface area (Å²) in [7, 11) is 0. The quantitative estimate of drug-likeness (QED) is 0.748. The van der Waals surface area contributed by atoms with E-state index in [0.29, 0.717) is 5.92 Å². The second kappa shape index (κ2) is 7.28. The zero-order valence-electron chi connectivity index (χ0n) is 13.7. The Hall–Kier alpha value is -1.35. The Bertz CT molecular complexity index is 594. The molecule has 0 amide bonds. The summed E-state index contributed by atoms with van der Waals surface area (Å²) >= 11 is 1.89. The SMILES string of the molecule is CCNc1ccc(-c2sc(CC)nc2C2CCCCC2)cc1. The van der Waals surface area contributed by atoms with Gasteiger partial charge in [0.05, 0.1) is 15.6 Å². The van der Waals surface area contributed by atoms with Crippen molar-refractivity contribution in [1.29, 1.82) is 0 Å². The first-order valence-corrected chi connectivity index (χ1v) is 9.47. The lowest BCUT2D eigenvalue weighted by Gasteiger charge is -2.21. The van der Waals surface area contributed by atoms with Crippen LogP contribution in [0.3, 0.4) is 0 Å². The summed E-state index contributed by atoms with van der Waals surface area (Å²) in [5.41, 5.74) is 3.91. The monoisotopic (exact) mass is 314 g/mol. The smallest absolute Gasteiger partial charge is 0.0932 e. The summed E-state index contributed by atoms with van der Waals surface area (Å²) in [5, 5.41) is 4.65. The van der Waals surface area contributed by atoms with Crippen molar-refractivity contribution in [2.45, 2.75) is 58.3 Å². The van der Waals surface area contributed by atoms with Gasteiger partial charge in [-0.05, 0) is 43.9 Å². The lowest BCUT2D eigenvalue weighted by molar-refractivity contribution is 0.438. The van der Waals surface area contributed by atoms with Gasteiger partial charge >= 0.3 is 0 Å². The van der Waals surface area contributed by atoms with Crippen LogP contribution in [0.25, 0.3) is 10.4 Å². The molecular formula is C19H26N2S. The number of thiazole rings is 1. The minimum atomic E-state index is 0.675. The summed E-state index contributed by atoms with van der Waals surface area (Å²) in [5.74, 6) is 0.675. The van der Waals surface area contributed by atoms with E-state index in [-0.39, 0.29) is 0 Å². The topological polar surface area (TPSA) is 24.9 Å². The van der Waals surface area contributed by atoms with Gasteiger partial charge in [0.15, 0.2) is 0 Å². The maximum atomic E-state index is 4.99. The Morgan fingerprint density at radius 2 is 1.82 bits per heavy atom. The van der Waals surface area contributed by atoms with E-state index in [2.05, 4.69) is 43.4 Å². The van der Waals surface area contributed by atoms with Crippen LogP contribution in [0.5, 0.6) is 0 Å². The van der Waals surface area contributed by atoms with Crippen LogP contribution in [0.15, 0.2) is 24.3 Å². The second-order valence-corrected chi connectivity index (χ2v) is 7.20. The summed E-state index contributed by atoms with van der Waals surface area (Å²) < 4.78 is 0. The minimum Gasteiger partial charge on any atom is -0.385 e. The summed E-state index contributed by atoms with van der Waals surface area (Å²) in [6.45, 7) is 5.31. The number of benzene rings is 1. The fourth-order valence-corrected chi connectivity index (χ4v) is 4.43. The Kier molecular flexibility index (Phi) is 5.14. The molecule has 1 saturated carbocycles. The van der Waals surface area contributed by atoms with Crippen LogP contribution in [-0.4, -0.2) is 11.5 Å². The molecule has 0 saturated heterocycles. The molecule has 3 heteroatoms. The van der Waals surface area contributed by atoms with Crippen LogP contribution in [0, 0.1) is 0 Å². The summed E-state index contributed by atoms with van der Waals surface area (Å²) in [6, 6.07) is 8.87. The van der Waals surface area contributed by atoms with Crippen molar-refractivity contribution < 1.29 is 0 Å². The number of hydrogen-bond acceptors (Lipinski definition) is 3. The maximum absolute atomic E-state index is 4.99. The molecule has 3 rings (SSSR count). The van der Waals surface area contributed by atoms with Gasteiger partial charge in [0.1, 0.15) is 0 Å². The van der Waals surface area contributed by atoms with Crippen molar-refractivity contribution in [1.82, 2.24) is 4.98 Å². The highest BCUT2D eigenvalue weighted by atomic mass is 32.1. The molecule has 1 aliphatic rings. The van der Waals surface area contributed by atoms with Crippen molar-refractivity contribution in [3.63, 3.8) is 0 Å². The van der Waals surface area contributed by atoms with Gasteiger partial charge in [0, 0.05) is 18.2 Å². The van der Waals surface area contributed by atoms with Gasteiger partial charge in [0.2, 0.25) is 0 Å². The average molecular weight is 314 g/mol. The molecular weight excluding hydrogens is 288 g/mol. The standard InChI is InChI=1S/C19H26N2S/c1-3-17-21-18(14-8-6-5-7-9-14)19(22-17)15-10-12-16(13-11-15)20-4-2/h10-14,20H,3-9H2,1-2H3. The summed E-state index contributed by atoms with van der Waals surface area (Å²) in [6.07, 6.45) is 7.80. The molecule has 0 radical (unpaired) electrons. The van der Waals surface area contributed by atoms with Crippen molar-refractivity contribution >= 4 is 17.0 Å². The van der Waals surface area contributed by atoms with Crippen LogP contribution in [-0.2, 0) is 6.42 Å². The lowest BCUT2D eigenvalue weighted by atomic mass is 9.86. The number of hydrogen-bond donors (Lipinski definition) is 1. The van der Waals surface area contributed by atoms with Gasteiger partial charge in [0.25, 0.3) is 0 Å². The first kappa shape index (κ1) is 15.5. The van der Waals surface area contributed by atoms with Crippen LogP contribution in [0.2, 0.25) is 0 Å². The van der Waals surface area contributed by atoms with Gasteiger partial charge in [-0.15, -0.1) is 11.3 Å². The molecule has 1 aromatic carbocycles. The molecule has 0 aliphatic heterocycles. The number of aryl methyl sites for hydroxylation is 1. The zero-order chi connectivity index (χ0) is 15.4. The molecule has 2 aromatic rings. The molecule has 1 N–H and O–H groups in total. The molecule has 0 atom stereocenters. The Labute approximate surface area is 138 Å². The van der Waals surface area contributed by atoms with E-state index in [9.17, 15) is 0 Å². The highest BCUT2D eigenvalue weighted by Crippen LogP contribution is 2.41. The van der Waals surface area contributed by atoms with E-state index in [4.69, 9.17) is 4.98 Å². The molecule has 0 spiro atoms. The normalized spacial score (nSPS) is 15.9. The van der Waals surface area contributed by atoms with Gasteiger partial charge in [-0.25, -0.2) is 4.98 Å². The lowest BCUT2D eigenvalue weighted by Crippen LogP contribution is -2.06. The van der Waals surface area contributed by atoms with E-state index in [1.165, 1.54) is 58.9 Å². The van der Waals surface area contributed by atoms with E-state index < -0.39 is 0 Å². The first-order valence-electron chi connectivity index (χ1n) is 8.65. The summed E-state index contributed by atoms with van der Waals surface area (Å²) in [4.78, 5) is 6.40. The first-order chi connectivity index (χ1) is 10.8. The maximum Gasteiger partial charge on any atom is 0.0932 e. The van der Waals surface area contributed by atoms with Crippen molar-refractivity contribution in [2.24, 2.45) is 0 Å². The number of rotatable bonds is 5. The molecule has 1 aliphatic carbocycles. The molecule has 1 heterocycles. The second-order valence-electron chi connectivity index (χ2n) is 6.12. The molecule has 118 valence electrons. The zero-order valence-corrected chi connectivity index (χ0v) is 14.5. The Balaban J connectivity index is 1.92. The van der Waals surface area contributed by atoms with Gasteiger partial charge < -0.3 is 5.32 Å². The third-order valence-corrected chi connectivity index (χ3v) is 5.78. The number of nitrogens with one attached hydrogen (secondary N) is 1. The third-order valence-electron chi connectivity index (χ3n) is 4.52. The van der Waals surface area contributed by atoms with E-state index in [1.54, 1.807) is 0 Å². The number of aromatic nitrogens is 1. The number of anilines is 1. The number of nitrogens with zero attached hydrogens (tertiary/aromatic N) is 1. The van der Waals surface area contributed by atoms with Gasteiger partial charge in [-0.3, -0.25) is 0 Å². The van der Waals surface area contributed by atoms with Crippen LogP contribution >= 0.6 is 11.3 Å². The van der Waals surface area contributed by atoms with Gasteiger partial charge in [-0.2, -0.15) is 0 Å². The van der Waals surface area contributed by atoms with E-state index in [1.807, 2.05) is 11.3 Å². The van der Waals surface area contributed by atoms with Crippen LogP contribution in [0.1, 0.15) is 62.6 Å². The van der Waals surface area contributed by atoms with Crippen molar-refractivity contribution in [3.05, 3.63) is 35.0 Å².